The van der Waals surface area contributed by atoms with Crippen LogP contribution in [0, 0.1) is 17.8 Å². The zero-order valence-corrected chi connectivity index (χ0v) is 14.2. The third kappa shape index (κ3) is 4.87. The first-order chi connectivity index (χ1) is 10.4. The van der Waals surface area contributed by atoms with Gasteiger partial charge in [0.2, 0.25) is 5.91 Å². The first kappa shape index (κ1) is 17.1. The van der Waals surface area contributed by atoms with Crippen molar-refractivity contribution in [2.45, 2.75) is 59.1 Å². The van der Waals surface area contributed by atoms with E-state index in [-0.39, 0.29) is 11.5 Å². The van der Waals surface area contributed by atoms with Crippen LogP contribution in [0.2, 0.25) is 0 Å². The van der Waals surface area contributed by atoms with Crippen LogP contribution in [-0.2, 0) is 16.1 Å². The van der Waals surface area contributed by atoms with E-state index in [4.69, 9.17) is 9.15 Å². The van der Waals surface area contributed by atoms with Gasteiger partial charge in [-0.1, -0.05) is 13.8 Å². The fraction of sp³-hybridized carbons (Fsp3) is 0.722. The molecule has 1 aliphatic heterocycles. The van der Waals surface area contributed by atoms with Gasteiger partial charge in [-0.05, 0) is 56.6 Å². The number of carbonyl (C=O) groups excluding carboxylic acids is 1. The summed E-state index contributed by atoms with van der Waals surface area (Å²) in [5.74, 6) is 2.35. The van der Waals surface area contributed by atoms with Gasteiger partial charge in [-0.25, -0.2) is 0 Å². The third-order valence-corrected chi connectivity index (χ3v) is 4.66. The van der Waals surface area contributed by atoms with Gasteiger partial charge in [-0.3, -0.25) is 4.79 Å². The molecule has 2 heterocycles. The standard InChI is InChI=1S/C18H29NO3/c1-13(2)16(14-7-9-22-18(3,4)11-14)10-17(20)19-12-15-6-5-8-21-15/h5-6,8,13-14,16H,7,9-12H2,1-4H3,(H,19,20)/t14-,16-/m1/s1. The fourth-order valence-electron chi connectivity index (χ4n) is 3.48. The lowest BCUT2D eigenvalue weighted by Gasteiger charge is -2.40. The van der Waals surface area contributed by atoms with E-state index in [0.29, 0.717) is 30.7 Å². The molecule has 22 heavy (non-hydrogen) atoms. The van der Waals surface area contributed by atoms with Crippen molar-refractivity contribution in [2.24, 2.45) is 17.8 Å². The molecule has 4 heteroatoms. The van der Waals surface area contributed by atoms with Crippen LogP contribution in [0.1, 0.15) is 52.7 Å². The highest BCUT2D eigenvalue weighted by atomic mass is 16.5. The number of rotatable bonds is 6. The van der Waals surface area contributed by atoms with Crippen molar-refractivity contribution in [3.05, 3.63) is 24.2 Å². The van der Waals surface area contributed by atoms with Crippen LogP contribution in [0.3, 0.4) is 0 Å². The summed E-state index contributed by atoms with van der Waals surface area (Å²) in [6.07, 6.45) is 4.29. The minimum absolute atomic E-state index is 0.0687. The molecule has 0 spiro atoms. The van der Waals surface area contributed by atoms with Crippen LogP contribution in [0.5, 0.6) is 0 Å². The quantitative estimate of drug-likeness (QED) is 0.870. The minimum Gasteiger partial charge on any atom is -0.467 e. The molecule has 2 atom stereocenters. The Hall–Kier alpha value is -1.29. The van der Waals surface area contributed by atoms with E-state index >= 15 is 0 Å². The summed E-state index contributed by atoms with van der Waals surface area (Å²) in [6.45, 7) is 9.99. The van der Waals surface area contributed by atoms with Crippen LogP contribution < -0.4 is 5.32 Å². The van der Waals surface area contributed by atoms with Crippen LogP contribution in [0.25, 0.3) is 0 Å². The van der Waals surface area contributed by atoms with Crippen LogP contribution in [-0.4, -0.2) is 18.1 Å². The van der Waals surface area contributed by atoms with Gasteiger partial charge in [0, 0.05) is 13.0 Å². The second kappa shape index (κ2) is 7.32. The second-order valence-corrected chi connectivity index (χ2v) is 7.33. The van der Waals surface area contributed by atoms with E-state index in [1.54, 1.807) is 6.26 Å². The molecule has 1 aromatic rings. The molecule has 4 nitrogen and oxygen atoms in total. The highest BCUT2D eigenvalue weighted by molar-refractivity contribution is 5.76. The average molecular weight is 307 g/mol. The number of nitrogens with one attached hydrogen (secondary N) is 1. The molecule has 1 saturated heterocycles. The Kier molecular flexibility index (Phi) is 5.68. The molecule has 1 fully saturated rings. The molecule has 1 aliphatic rings. The van der Waals surface area contributed by atoms with Crippen LogP contribution >= 0.6 is 0 Å². The maximum Gasteiger partial charge on any atom is 0.220 e. The number of amides is 1. The summed E-state index contributed by atoms with van der Waals surface area (Å²) < 4.78 is 11.1. The largest absolute Gasteiger partial charge is 0.467 e. The van der Waals surface area contributed by atoms with Crippen LogP contribution in [0.15, 0.2) is 22.8 Å². The Morgan fingerprint density at radius 2 is 2.23 bits per heavy atom. The average Bonchev–Trinajstić information content (AvgIpc) is 2.94. The van der Waals surface area contributed by atoms with Crippen molar-refractivity contribution in [3.8, 4) is 0 Å². The first-order valence-electron chi connectivity index (χ1n) is 8.30. The smallest absolute Gasteiger partial charge is 0.220 e. The van der Waals surface area contributed by atoms with Gasteiger partial charge in [0.05, 0.1) is 18.4 Å². The minimum atomic E-state index is -0.0687. The SMILES string of the molecule is CC(C)[C@@H](CC(=O)NCc1ccco1)[C@@H]1CCOC(C)(C)C1. The zero-order chi connectivity index (χ0) is 16.2. The van der Waals surface area contributed by atoms with Crippen molar-refractivity contribution >= 4 is 5.91 Å². The summed E-state index contributed by atoms with van der Waals surface area (Å²) in [5, 5.41) is 2.97. The second-order valence-electron chi connectivity index (χ2n) is 7.33. The van der Waals surface area contributed by atoms with Gasteiger partial charge < -0.3 is 14.5 Å². The molecular weight excluding hydrogens is 278 g/mol. The van der Waals surface area contributed by atoms with E-state index in [1.807, 2.05) is 12.1 Å². The topological polar surface area (TPSA) is 51.5 Å². The van der Waals surface area contributed by atoms with Gasteiger partial charge in [0.15, 0.2) is 0 Å². The molecule has 1 N–H and O–H groups in total. The number of ether oxygens (including phenoxy) is 1. The number of furan rings is 1. The number of carbonyl (C=O) groups is 1. The molecule has 124 valence electrons. The molecular formula is C18H29NO3. The third-order valence-electron chi connectivity index (χ3n) is 4.66. The van der Waals surface area contributed by atoms with Gasteiger partial charge >= 0.3 is 0 Å². The molecule has 0 saturated carbocycles. The molecule has 0 aliphatic carbocycles. The lowest BCUT2D eigenvalue weighted by atomic mass is 9.73. The summed E-state index contributed by atoms with van der Waals surface area (Å²) in [6, 6.07) is 3.71. The number of hydrogen-bond donors (Lipinski definition) is 1. The van der Waals surface area contributed by atoms with Crippen molar-refractivity contribution in [1.82, 2.24) is 5.32 Å². The van der Waals surface area contributed by atoms with E-state index in [2.05, 4.69) is 33.0 Å². The highest BCUT2D eigenvalue weighted by Gasteiger charge is 2.35. The number of hydrogen-bond acceptors (Lipinski definition) is 3. The Labute approximate surface area is 133 Å². The molecule has 2 rings (SSSR count). The van der Waals surface area contributed by atoms with Crippen molar-refractivity contribution in [1.29, 1.82) is 0 Å². The lowest BCUT2D eigenvalue weighted by Crippen LogP contribution is -2.39. The van der Waals surface area contributed by atoms with E-state index < -0.39 is 0 Å². The van der Waals surface area contributed by atoms with Crippen LogP contribution in [0.4, 0.5) is 0 Å². The van der Waals surface area contributed by atoms with Gasteiger partial charge in [-0.15, -0.1) is 0 Å². The van der Waals surface area contributed by atoms with E-state index in [9.17, 15) is 4.79 Å². The van der Waals surface area contributed by atoms with Crippen molar-refractivity contribution < 1.29 is 13.9 Å². The summed E-state index contributed by atoms with van der Waals surface area (Å²) in [4.78, 5) is 12.3. The van der Waals surface area contributed by atoms with Gasteiger partial charge in [0.1, 0.15) is 5.76 Å². The predicted molar refractivity (Wildman–Crippen MR) is 86.3 cm³/mol. The van der Waals surface area contributed by atoms with Gasteiger partial charge in [0.25, 0.3) is 0 Å². The van der Waals surface area contributed by atoms with Crippen molar-refractivity contribution in [3.63, 3.8) is 0 Å². The Bertz CT molecular complexity index is 465. The predicted octanol–water partition coefficient (Wildman–Crippen LogP) is 3.76. The first-order valence-corrected chi connectivity index (χ1v) is 8.30. The molecule has 0 radical (unpaired) electrons. The maximum atomic E-state index is 12.3. The summed E-state index contributed by atoms with van der Waals surface area (Å²) in [5.41, 5.74) is -0.0687. The normalized spacial score (nSPS) is 22.5. The Morgan fingerprint density at radius 3 is 2.82 bits per heavy atom. The zero-order valence-electron chi connectivity index (χ0n) is 14.2. The molecule has 1 amide bonds. The van der Waals surface area contributed by atoms with E-state index in [1.165, 1.54) is 0 Å². The maximum absolute atomic E-state index is 12.3. The van der Waals surface area contributed by atoms with E-state index in [0.717, 1.165) is 25.2 Å². The summed E-state index contributed by atoms with van der Waals surface area (Å²) in [7, 11) is 0. The Balaban J connectivity index is 1.89. The van der Waals surface area contributed by atoms with Gasteiger partial charge in [-0.2, -0.15) is 0 Å². The molecule has 0 aromatic carbocycles. The Morgan fingerprint density at radius 1 is 1.45 bits per heavy atom. The molecule has 1 aromatic heterocycles. The molecule has 0 bridgehead atoms. The lowest BCUT2D eigenvalue weighted by molar-refractivity contribution is -0.125. The molecule has 0 unspecified atom stereocenters. The highest BCUT2D eigenvalue weighted by Crippen LogP contribution is 2.37. The fourth-order valence-corrected chi connectivity index (χ4v) is 3.48. The van der Waals surface area contributed by atoms with Crippen molar-refractivity contribution in [2.75, 3.05) is 6.61 Å². The monoisotopic (exact) mass is 307 g/mol. The summed E-state index contributed by atoms with van der Waals surface area (Å²) >= 11 is 0.